The lowest BCUT2D eigenvalue weighted by Gasteiger charge is -2.40. The molecule has 5 atom stereocenters. The molecule has 0 aromatic rings. The van der Waals surface area contributed by atoms with Gasteiger partial charge in [-0.1, -0.05) is 19.3 Å². The maximum atomic E-state index is 11.8. The first-order valence-electron chi connectivity index (χ1n) is 8.18. The van der Waals surface area contributed by atoms with Gasteiger partial charge in [0.2, 0.25) is 5.91 Å². The molecule has 9 heteroatoms. The summed E-state index contributed by atoms with van der Waals surface area (Å²) in [5, 5.41) is 49.3. The summed E-state index contributed by atoms with van der Waals surface area (Å²) in [5.41, 5.74) is 0. The summed E-state index contributed by atoms with van der Waals surface area (Å²) >= 11 is 0. The fourth-order valence-electron chi connectivity index (χ4n) is 2.60. The molecule has 0 spiro atoms. The fraction of sp³-hybridized carbons (Fsp3) is 0.867. The number of carbonyl (C=O) groups excluding carboxylic acids is 1. The number of hydrogen-bond donors (Lipinski definition) is 6. The van der Waals surface area contributed by atoms with Gasteiger partial charge in [0, 0.05) is 12.8 Å². The van der Waals surface area contributed by atoms with E-state index in [1.54, 1.807) is 0 Å². The number of carboxylic acids is 1. The normalized spacial score (nSPS) is 30.1. The minimum Gasteiger partial charge on any atom is -0.481 e. The van der Waals surface area contributed by atoms with Crippen LogP contribution in [0.15, 0.2) is 0 Å². The van der Waals surface area contributed by atoms with Crippen molar-refractivity contribution < 1.29 is 39.9 Å². The molecule has 5 unspecified atom stereocenters. The smallest absolute Gasteiger partial charge is 0.303 e. The number of aliphatic carboxylic acids is 1. The monoisotopic (exact) mass is 349 g/mol. The molecule has 0 aliphatic carbocycles. The van der Waals surface area contributed by atoms with Crippen molar-refractivity contribution >= 4 is 11.9 Å². The average molecular weight is 349 g/mol. The van der Waals surface area contributed by atoms with E-state index in [-0.39, 0.29) is 18.7 Å². The van der Waals surface area contributed by atoms with Crippen LogP contribution in [0.1, 0.15) is 44.9 Å². The highest BCUT2D eigenvalue weighted by Crippen LogP contribution is 2.20. The van der Waals surface area contributed by atoms with Crippen LogP contribution in [0, 0.1) is 0 Å². The predicted octanol–water partition coefficient (Wildman–Crippen LogP) is -1.28. The highest BCUT2D eigenvalue weighted by molar-refractivity contribution is 5.76. The van der Waals surface area contributed by atoms with Crippen molar-refractivity contribution in [3.63, 3.8) is 0 Å². The van der Waals surface area contributed by atoms with Gasteiger partial charge in [0.1, 0.15) is 24.4 Å². The third-order valence-corrected chi connectivity index (χ3v) is 4.02. The number of aliphatic hydroxyl groups excluding tert-OH is 4. The lowest BCUT2D eigenvalue weighted by Crippen LogP contribution is -2.64. The quantitative estimate of drug-likeness (QED) is 0.266. The Hall–Kier alpha value is -1.26. The Morgan fingerprint density at radius 2 is 1.50 bits per heavy atom. The average Bonchev–Trinajstić information content (AvgIpc) is 2.53. The molecule has 1 amide bonds. The highest BCUT2D eigenvalue weighted by Gasteiger charge is 2.44. The Labute approximate surface area is 140 Å². The van der Waals surface area contributed by atoms with E-state index in [0.717, 1.165) is 19.3 Å². The number of hydrogen-bond acceptors (Lipinski definition) is 7. The number of aliphatic hydroxyl groups is 4. The number of nitrogens with one attached hydrogen (secondary N) is 1. The molecule has 0 radical (unpaired) electrons. The Bertz CT molecular complexity index is 405. The van der Waals surface area contributed by atoms with Crippen molar-refractivity contribution in [2.45, 2.75) is 75.6 Å². The molecule has 1 heterocycles. The molecule has 1 fully saturated rings. The second-order valence-electron chi connectivity index (χ2n) is 5.98. The molecule has 1 aliphatic rings. The first-order chi connectivity index (χ1) is 11.4. The number of ether oxygens (including phenoxy) is 1. The van der Waals surface area contributed by atoms with Crippen LogP contribution in [-0.4, -0.2) is 74.7 Å². The Morgan fingerprint density at radius 1 is 0.917 bits per heavy atom. The predicted molar refractivity (Wildman–Crippen MR) is 81.9 cm³/mol. The minimum atomic E-state index is -1.51. The van der Waals surface area contributed by atoms with E-state index in [4.69, 9.17) is 14.9 Å². The van der Waals surface area contributed by atoms with Crippen LogP contribution in [-0.2, 0) is 14.3 Å². The minimum absolute atomic E-state index is 0.148. The molecule has 24 heavy (non-hydrogen) atoms. The third-order valence-electron chi connectivity index (χ3n) is 4.02. The first kappa shape index (κ1) is 20.8. The fourth-order valence-corrected chi connectivity index (χ4v) is 2.60. The summed E-state index contributed by atoms with van der Waals surface area (Å²) in [5.74, 6) is -1.20. The number of carbonyl (C=O) groups is 2. The Balaban J connectivity index is 2.23. The van der Waals surface area contributed by atoms with E-state index in [1.807, 2.05) is 0 Å². The van der Waals surface area contributed by atoms with E-state index in [0.29, 0.717) is 12.8 Å². The van der Waals surface area contributed by atoms with Gasteiger partial charge in [-0.05, 0) is 12.8 Å². The van der Waals surface area contributed by atoms with Crippen molar-refractivity contribution in [2.24, 2.45) is 0 Å². The number of unbranched alkanes of at least 4 members (excludes halogenated alkanes) is 4. The van der Waals surface area contributed by atoms with E-state index < -0.39 is 43.2 Å². The molecule has 1 saturated heterocycles. The lowest BCUT2D eigenvalue weighted by atomic mass is 9.97. The van der Waals surface area contributed by atoms with Gasteiger partial charge in [0.25, 0.3) is 0 Å². The first-order valence-corrected chi connectivity index (χ1v) is 8.18. The summed E-state index contributed by atoms with van der Waals surface area (Å²) in [6.07, 6.45) is -1.52. The standard InChI is InChI=1S/C15H27NO8/c17-8-9-13(21)14(22)12(15(23)24-9)16-10(18)6-4-2-1-3-5-7-11(19)20/h9,12-15,17,21-23H,1-8H2,(H,16,18)(H,19,20). The molecule has 1 aliphatic heterocycles. The molecule has 0 aromatic heterocycles. The van der Waals surface area contributed by atoms with Gasteiger partial charge in [0.05, 0.1) is 6.61 Å². The van der Waals surface area contributed by atoms with Crippen molar-refractivity contribution in [1.29, 1.82) is 0 Å². The summed E-state index contributed by atoms with van der Waals surface area (Å²) < 4.78 is 4.95. The molecule has 140 valence electrons. The maximum absolute atomic E-state index is 11.8. The van der Waals surface area contributed by atoms with Crippen molar-refractivity contribution in [1.82, 2.24) is 5.32 Å². The summed E-state index contributed by atoms with van der Waals surface area (Å²) in [4.78, 5) is 22.2. The molecule has 0 saturated carbocycles. The van der Waals surface area contributed by atoms with Crippen LogP contribution in [0.5, 0.6) is 0 Å². The molecule has 6 N–H and O–H groups in total. The molecular weight excluding hydrogens is 322 g/mol. The van der Waals surface area contributed by atoms with E-state index in [1.165, 1.54) is 0 Å². The van der Waals surface area contributed by atoms with Crippen LogP contribution >= 0.6 is 0 Å². The van der Waals surface area contributed by atoms with Gasteiger partial charge >= 0.3 is 5.97 Å². The summed E-state index contributed by atoms with van der Waals surface area (Å²) in [6.45, 7) is -0.558. The lowest BCUT2D eigenvalue weighted by molar-refractivity contribution is -0.253. The highest BCUT2D eigenvalue weighted by atomic mass is 16.6. The van der Waals surface area contributed by atoms with Crippen LogP contribution in [0.2, 0.25) is 0 Å². The van der Waals surface area contributed by atoms with Gasteiger partial charge in [-0.3, -0.25) is 9.59 Å². The van der Waals surface area contributed by atoms with Gasteiger partial charge in [-0.25, -0.2) is 0 Å². The molecule has 0 bridgehead atoms. The Morgan fingerprint density at radius 3 is 2.08 bits per heavy atom. The number of carboxylic acid groups (broad SMARTS) is 1. The van der Waals surface area contributed by atoms with Gasteiger partial charge in [-0.2, -0.15) is 0 Å². The molecule has 1 rings (SSSR count). The zero-order valence-electron chi connectivity index (χ0n) is 13.5. The summed E-state index contributed by atoms with van der Waals surface area (Å²) in [7, 11) is 0. The largest absolute Gasteiger partial charge is 0.481 e. The number of amides is 1. The third kappa shape index (κ3) is 6.70. The van der Waals surface area contributed by atoms with Crippen LogP contribution < -0.4 is 5.32 Å². The van der Waals surface area contributed by atoms with Crippen molar-refractivity contribution in [3.05, 3.63) is 0 Å². The number of rotatable bonds is 10. The van der Waals surface area contributed by atoms with Crippen molar-refractivity contribution in [3.8, 4) is 0 Å². The summed E-state index contributed by atoms with van der Waals surface area (Å²) in [6, 6.07) is -1.16. The van der Waals surface area contributed by atoms with Gasteiger partial charge < -0.3 is 35.6 Å². The second-order valence-corrected chi connectivity index (χ2v) is 5.98. The topological polar surface area (TPSA) is 157 Å². The van der Waals surface area contributed by atoms with Crippen molar-refractivity contribution in [2.75, 3.05) is 6.61 Å². The molecular formula is C15H27NO8. The molecule has 0 aromatic carbocycles. The van der Waals surface area contributed by atoms with Gasteiger partial charge in [-0.15, -0.1) is 0 Å². The maximum Gasteiger partial charge on any atom is 0.303 e. The second kappa shape index (κ2) is 10.6. The van der Waals surface area contributed by atoms with E-state index >= 15 is 0 Å². The van der Waals surface area contributed by atoms with Crippen LogP contribution in [0.25, 0.3) is 0 Å². The van der Waals surface area contributed by atoms with E-state index in [2.05, 4.69) is 5.32 Å². The zero-order chi connectivity index (χ0) is 18.1. The van der Waals surface area contributed by atoms with E-state index in [9.17, 15) is 24.9 Å². The van der Waals surface area contributed by atoms with Crippen LogP contribution in [0.3, 0.4) is 0 Å². The van der Waals surface area contributed by atoms with Gasteiger partial charge in [0.15, 0.2) is 6.29 Å². The zero-order valence-corrected chi connectivity index (χ0v) is 13.5. The molecule has 9 nitrogen and oxygen atoms in total. The Kier molecular flexibility index (Phi) is 9.16. The SMILES string of the molecule is O=C(O)CCCCCCCC(=O)NC1C(O)OC(CO)C(O)C1O. The van der Waals surface area contributed by atoms with Crippen LogP contribution in [0.4, 0.5) is 0 Å².